The fourth-order valence-electron chi connectivity index (χ4n) is 2.18. The first kappa shape index (κ1) is 13.8. The number of nitrogens with one attached hydrogen (secondary N) is 1. The molecule has 0 bridgehead atoms. The van der Waals surface area contributed by atoms with Gasteiger partial charge in [-0.2, -0.15) is 0 Å². The number of hydrogen-bond donors (Lipinski definition) is 1. The van der Waals surface area contributed by atoms with Crippen molar-refractivity contribution in [2.24, 2.45) is 0 Å². The van der Waals surface area contributed by atoms with Crippen LogP contribution in [-0.4, -0.2) is 36.8 Å². The zero-order valence-corrected chi connectivity index (χ0v) is 12.3. The second-order valence-corrected chi connectivity index (χ2v) is 5.84. The van der Waals surface area contributed by atoms with Crippen LogP contribution in [0.5, 0.6) is 0 Å². The third-order valence-electron chi connectivity index (χ3n) is 3.28. The molecule has 1 aromatic heterocycles. The van der Waals surface area contributed by atoms with E-state index in [4.69, 9.17) is 4.74 Å². The van der Waals surface area contributed by atoms with Crippen LogP contribution in [0, 0.1) is 0 Å². The maximum absolute atomic E-state index is 5.73. The van der Waals surface area contributed by atoms with E-state index in [1.54, 1.807) is 11.3 Å². The summed E-state index contributed by atoms with van der Waals surface area (Å²) in [4.78, 5) is 8.29. The van der Waals surface area contributed by atoms with E-state index in [9.17, 15) is 0 Å². The van der Waals surface area contributed by atoms with Gasteiger partial charge in [0.25, 0.3) is 0 Å². The van der Waals surface area contributed by atoms with Gasteiger partial charge in [-0.1, -0.05) is 13.8 Å². The average Bonchev–Trinajstić information content (AvgIpc) is 2.85. The summed E-state index contributed by atoms with van der Waals surface area (Å²) in [6, 6.07) is 0.472. The number of thiazole rings is 1. The van der Waals surface area contributed by atoms with Gasteiger partial charge in [0.15, 0.2) is 5.13 Å². The summed E-state index contributed by atoms with van der Waals surface area (Å²) in [6.07, 6.45) is 3.40. The number of aromatic nitrogens is 1. The van der Waals surface area contributed by atoms with Crippen molar-refractivity contribution >= 4 is 16.5 Å². The minimum absolute atomic E-state index is 0.300. The van der Waals surface area contributed by atoms with E-state index < -0.39 is 0 Å². The first-order chi connectivity index (χ1) is 8.74. The molecule has 0 saturated carbocycles. The summed E-state index contributed by atoms with van der Waals surface area (Å²) in [5.41, 5.74) is 0. The van der Waals surface area contributed by atoms with Gasteiger partial charge in [0, 0.05) is 24.2 Å². The Morgan fingerprint density at radius 1 is 1.56 bits per heavy atom. The molecule has 0 amide bonds. The van der Waals surface area contributed by atoms with Gasteiger partial charge in [-0.05, 0) is 19.9 Å². The van der Waals surface area contributed by atoms with Crippen molar-refractivity contribution in [3.05, 3.63) is 11.1 Å². The zero-order valence-electron chi connectivity index (χ0n) is 11.5. The van der Waals surface area contributed by atoms with Gasteiger partial charge in [-0.3, -0.25) is 0 Å². The van der Waals surface area contributed by atoms with Crippen LogP contribution in [0.4, 0.5) is 5.13 Å². The molecule has 18 heavy (non-hydrogen) atoms. The molecule has 102 valence electrons. The second-order valence-electron chi connectivity index (χ2n) is 4.75. The van der Waals surface area contributed by atoms with E-state index >= 15 is 0 Å². The Morgan fingerprint density at radius 2 is 2.39 bits per heavy atom. The van der Waals surface area contributed by atoms with Crippen molar-refractivity contribution in [2.45, 2.75) is 45.9 Å². The van der Waals surface area contributed by atoms with Crippen molar-refractivity contribution in [1.82, 2.24) is 10.3 Å². The molecule has 0 aliphatic carbocycles. The van der Waals surface area contributed by atoms with Gasteiger partial charge in [0.2, 0.25) is 0 Å². The summed E-state index contributed by atoms with van der Waals surface area (Å²) in [5.74, 6) is 0. The van der Waals surface area contributed by atoms with Gasteiger partial charge >= 0.3 is 0 Å². The Labute approximate surface area is 113 Å². The Bertz CT molecular complexity index is 369. The first-order valence-electron chi connectivity index (χ1n) is 6.78. The molecule has 2 heterocycles. The molecule has 1 aromatic rings. The highest BCUT2D eigenvalue weighted by atomic mass is 32.1. The van der Waals surface area contributed by atoms with Gasteiger partial charge in [-0.25, -0.2) is 4.98 Å². The van der Waals surface area contributed by atoms with Crippen molar-refractivity contribution in [1.29, 1.82) is 0 Å². The van der Waals surface area contributed by atoms with Crippen LogP contribution in [0.2, 0.25) is 0 Å². The quantitative estimate of drug-likeness (QED) is 0.889. The van der Waals surface area contributed by atoms with Crippen molar-refractivity contribution in [2.75, 3.05) is 24.6 Å². The van der Waals surface area contributed by atoms with Crippen molar-refractivity contribution in [3.8, 4) is 0 Å². The third kappa shape index (κ3) is 3.22. The summed E-state index contributed by atoms with van der Waals surface area (Å²) in [7, 11) is 0. The highest BCUT2D eigenvalue weighted by Crippen LogP contribution is 2.27. The summed E-state index contributed by atoms with van der Waals surface area (Å²) < 4.78 is 5.73. The number of morpholine rings is 1. The highest BCUT2D eigenvalue weighted by Gasteiger charge is 2.27. The molecule has 2 rings (SSSR count). The molecular formula is C13H23N3OS. The molecule has 0 aromatic carbocycles. The predicted molar refractivity (Wildman–Crippen MR) is 76.3 cm³/mol. The van der Waals surface area contributed by atoms with Crippen LogP contribution in [0.1, 0.15) is 32.1 Å². The largest absolute Gasteiger partial charge is 0.375 e. The van der Waals surface area contributed by atoms with Crippen molar-refractivity contribution in [3.63, 3.8) is 0 Å². The van der Waals surface area contributed by atoms with E-state index in [0.29, 0.717) is 12.1 Å². The normalized spacial score (nSPS) is 24.5. The van der Waals surface area contributed by atoms with Gasteiger partial charge in [-0.15, -0.1) is 11.3 Å². The van der Waals surface area contributed by atoms with Gasteiger partial charge < -0.3 is 15.0 Å². The fourth-order valence-corrected chi connectivity index (χ4v) is 3.14. The second kappa shape index (κ2) is 6.50. The van der Waals surface area contributed by atoms with Crippen molar-refractivity contribution < 1.29 is 4.74 Å². The lowest BCUT2D eigenvalue weighted by Crippen LogP contribution is -2.48. The van der Waals surface area contributed by atoms with Crippen LogP contribution in [0.15, 0.2) is 6.20 Å². The van der Waals surface area contributed by atoms with E-state index in [1.165, 1.54) is 4.88 Å². The standard InChI is InChI=1S/C13H23N3OS/c1-4-11-9-17-10(3)8-16(11)13-15-7-12(18-13)6-14-5-2/h7,10-11,14H,4-6,8-9H2,1-3H3. The SMILES string of the molecule is CCNCc1cnc(N2CC(C)OCC2CC)s1. The van der Waals surface area contributed by atoms with E-state index in [2.05, 4.69) is 36.0 Å². The molecule has 2 unspecified atom stereocenters. The maximum atomic E-state index is 5.73. The molecule has 4 nitrogen and oxygen atoms in total. The third-order valence-corrected chi connectivity index (χ3v) is 4.31. The zero-order chi connectivity index (χ0) is 13.0. The Kier molecular flexibility index (Phi) is 4.97. The molecule has 0 spiro atoms. The van der Waals surface area contributed by atoms with Crippen LogP contribution in [-0.2, 0) is 11.3 Å². The predicted octanol–water partition coefficient (Wildman–Crippen LogP) is 2.26. The summed E-state index contributed by atoms with van der Waals surface area (Å²) in [6.45, 7) is 10.2. The lowest BCUT2D eigenvalue weighted by atomic mass is 10.1. The lowest BCUT2D eigenvalue weighted by molar-refractivity contribution is 0.0299. The van der Waals surface area contributed by atoms with E-state index in [-0.39, 0.29) is 0 Å². The van der Waals surface area contributed by atoms with Gasteiger partial charge in [0.1, 0.15) is 0 Å². The molecule has 1 aliphatic heterocycles. The number of rotatable bonds is 5. The number of hydrogen-bond acceptors (Lipinski definition) is 5. The van der Waals surface area contributed by atoms with Gasteiger partial charge in [0.05, 0.1) is 18.8 Å². The number of nitrogens with zero attached hydrogens (tertiary/aromatic N) is 2. The Morgan fingerprint density at radius 3 is 3.11 bits per heavy atom. The Balaban J connectivity index is 2.05. The molecule has 1 saturated heterocycles. The summed E-state index contributed by atoms with van der Waals surface area (Å²) >= 11 is 1.80. The summed E-state index contributed by atoms with van der Waals surface area (Å²) in [5, 5.41) is 4.49. The minimum Gasteiger partial charge on any atom is -0.375 e. The van der Waals surface area contributed by atoms with Crippen LogP contribution in [0.3, 0.4) is 0 Å². The number of anilines is 1. The average molecular weight is 269 g/mol. The van der Waals surface area contributed by atoms with Crippen LogP contribution < -0.4 is 10.2 Å². The first-order valence-corrected chi connectivity index (χ1v) is 7.59. The van der Waals surface area contributed by atoms with Crippen LogP contribution >= 0.6 is 11.3 Å². The molecule has 1 N–H and O–H groups in total. The van der Waals surface area contributed by atoms with E-state index in [0.717, 1.165) is 37.8 Å². The fraction of sp³-hybridized carbons (Fsp3) is 0.769. The highest BCUT2D eigenvalue weighted by molar-refractivity contribution is 7.15. The molecule has 1 fully saturated rings. The Hall–Kier alpha value is -0.650. The van der Waals surface area contributed by atoms with E-state index in [1.807, 2.05) is 6.20 Å². The molecule has 0 radical (unpaired) electrons. The maximum Gasteiger partial charge on any atom is 0.185 e. The smallest absolute Gasteiger partial charge is 0.185 e. The lowest BCUT2D eigenvalue weighted by Gasteiger charge is -2.38. The molecule has 5 heteroatoms. The number of ether oxygens (including phenoxy) is 1. The molecule has 2 atom stereocenters. The molecule has 1 aliphatic rings. The monoisotopic (exact) mass is 269 g/mol. The topological polar surface area (TPSA) is 37.4 Å². The molecular weight excluding hydrogens is 246 g/mol. The van der Waals surface area contributed by atoms with Crippen LogP contribution in [0.25, 0.3) is 0 Å². The minimum atomic E-state index is 0.300.